The average Bonchev–Trinajstić information content (AvgIpc) is 2.60. The molecule has 0 amide bonds. The van der Waals surface area contributed by atoms with Crippen LogP contribution in [0.4, 0.5) is 5.69 Å². The largest absolute Gasteiger partial charge is 0.367 e. The number of hydrogen-bond donors (Lipinski definition) is 0. The summed E-state index contributed by atoms with van der Waals surface area (Å²) < 4.78 is 0. The topological polar surface area (TPSA) is 30.3 Å². The molecule has 0 saturated carbocycles. The predicted molar refractivity (Wildman–Crippen MR) is 74.7 cm³/mol. The molecular formula is C15H21N3. The van der Waals surface area contributed by atoms with Crippen LogP contribution in [-0.4, -0.2) is 37.6 Å². The van der Waals surface area contributed by atoms with Gasteiger partial charge in [0.25, 0.3) is 0 Å². The second-order valence-corrected chi connectivity index (χ2v) is 5.03. The van der Waals surface area contributed by atoms with Crippen LogP contribution in [0.1, 0.15) is 25.3 Å². The van der Waals surface area contributed by atoms with Gasteiger partial charge in [-0.15, -0.1) is 0 Å². The molecule has 1 atom stereocenters. The molecule has 96 valence electrons. The fourth-order valence-electron chi connectivity index (χ4n) is 2.66. The van der Waals surface area contributed by atoms with E-state index in [2.05, 4.69) is 42.0 Å². The molecule has 1 unspecified atom stereocenters. The molecule has 2 rings (SSSR count). The quantitative estimate of drug-likeness (QED) is 0.799. The van der Waals surface area contributed by atoms with Crippen molar-refractivity contribution in [3.05, 3.63) is 29.8 Å². The Morgan fingerprint density at radius 3 is 2.61 bits per heavy atom. The van der Waals surface area contributed by atoms with Crippen LogP contribution in [0.2, 0.25) is 0 Å². The van der Waals surface area contributed by atoms with Crippen molar-refractivity contribution in [2.24, 2.45) is 0 Å². The van der Waals surface area contributed by atoms with E-state index in [0.29, 0.717) is 6.04 Å². The molecule has 1 saturated heterocycles. The monoisotopic (exact) mass is 243 g/mol. The Hall–Kier alpha value is -1.53. The van der Waals surface area contributed by atoms with E-state index in [4.69, 9.17) is 5.26 Å². The second kappa shape index (κ2) is 5.88. The van der Waals surface area contributed by atoms with Crippen LogP contribution in [0, 0.1) is 11.3 Å². The molecule has 3 nitrogen and oxygen atoms in total. The van der Waals surface area contributed by atoms with E-state index < -0.39 is 0 Å². The first kappa shape index (κ1) is 12.9. The smallest absolute Gasteiger partial charge is 0.0991 e. The number of nitriles is 1. The SMILES string of the molecule is CCC1CN(C)CCCN1c1ccc(C#N)cc1. The highest BCUT2D eigenvalue weighted by Crippen LogP contribution is 2.22. The minimum Gasteiger partial charge on any atom is -0.367 e. The van der Waals surface area contributed by atoms with Gasteiger partial charge in [-0.1, -0.05) is 6.92 Å². The summed E-state index contributed by atoms with van der Waals surface area (Å²) in [5.41, 5.74) is 1.98. The Morgan fingerprint density at radius 1 is 1.28 bits per heavy atom. The van der Waals surface area contributed by atoms with Crippen molar-refractivity contribution in [2.75, 3.05) is 31.6 Å². The van der Waals surface area contributed by atoms with Crippen LogP contribution < -0.4 is 4.90 Å². The van der Waals surface area contributed by atoms with Crippen molar-refractivity contribution in [3.8, 4) is 6.07 Å². The Bertz CT molecular complexity index is 418. The van der Waals surface area contributed by atoms with Gasteiger partial charge < -0.3 is 9.80 Å². The third-order valence-corrected chi connectivity index (χ3v) is 3.70. The molecular weight excluding hydrogens is 222 g/mol. The summed E-state index contributed by atoms with van der Waals surface area (Å²) in [6, 6.07) is 10.7. The molecule has 0 aliphatic carbocycles. The lowest BCUT2D eigenvalue weighted by atomic mass is 10.1. The van der Waals surface area contributed by atoms with Crippen molar-refractivity contribution in [3.63, 3.8) is 0 Å². The lowest BCUT2D eigenvalue weighted by Crippen LogP contribution is -2.39. The zero-order valence-corrected chi connectivity index (χ0v) is 11.3. The Labute approximate surface area is 110 Å². The zero-order chi connectivity index (χ0) is 13.0. The molecule has 0 spiro atoms. The van der Waals surface area contributed by atoms with Crippen LogP contribution in [0.15, 0.2) is 24.3 Å². The molecule has 0 bridgehead atoms. The van der Waals surface area contributed by atoms with Gasteiger partial charge in [-0.3, -0.25) is 0 Å². The van der Waals surface area contributed by atoms with Gasteiger partial charge in [0.2, 0.25) is 0 Å². The minimum atomic E-state index is 0.574. The maximum atomic E-state index is 8.85. The van der Waals surface area contributed by atoms with Crippen LogP contribution in [0.5, 0.6) is 0 Å². The molecule has 0 N–H and O–H groups in total. The number of anilines is 1. The number of rotatable bonds is 2. The van der Waals surface area contributed by atoms with E-state index in [1.807, 2.05) is 12.1 Å². The van der Waals surface area contributed by atoms with Crippen molar-refractivity contribution in [1.29, 1.82) is 5.26 Å². The maximum absolute atomic E-state index is 8.85. The predicted octanol–water partition coefficient (Wildman–Crippen LogP) is 2.48. The van der Waals surface area contributed by atoms with E-state index in [1.165, 1.54) is 18.7 Å². The van der Waals surface area contributed by atoms with Crippen LogP contribution in [0.3, 0.4) is 0 Å². The highest BCUT2D eigenvalue weighted by atomic mass is 15.2. The molecule has 3 heteroatoms. The number of hydrogen-bond acceptors (Lipinski definition) is 3. The fourth-order valence-corrected chi connectivity index (χ4v) is 2.66. The highest BCUT2D eigenvalue weighted by Gasteiger charge is 2.21. The van der Waals surface area contributed by atoms with Gasteiger partial charge in [0, 0.05) is 24.8 Å². The van der Waals surface area contributed by atoms with Gasteiger partial charge in [-0.25, -0.2) is 0 Å². The molecule has 1 aliphatic rings. The standard InChI is InChI=1S/C15H21N3/c1-3-14-12-17(2)9-4-10-18(14)15-7-5-13(11-16)6-8-15/h5-8,14H,3-4,9-10,12H2,1-2H3. The molecule has 1 fully saturated rings. The fraction of sp³-hybridized carbons (Fsp3) is 0.533. The van der Waals surface area contributed by atoms with Crippen molar-refractivity contribution < 1.29 is 0 Å². The van der Waals surface area contributed by atoms with Gasteiger partial charge in [-0.2, -0.15) is 5.26 Å². The third-order valence-electron chi connectivity index (χ3n) is 3.70. The number of likely N-dealkylation sites (N-methyl/N-ethyl adjacent to an activating group) is 1. The first-order valence-electron chi connectivity index (χ1n) is 6.70. The third kappa shape index (κ3) is 2.83. The lowest BCUT2D eigenvalue weighted by molar-refractivity contribution is 0.328. The van der Waals surface area contributed by atoms with E-state index >= 15 is 0 Å². The normalized spacial score (nSPS) is 21.4. The molecule has 0 radical (unpaired) electrons. The lowest BCUT2D eigenvalue weighted by Gasteiger charge is -2.32. The minimum absolute atomic E-state index is 0.574. The van der Waals surface area contributed by atoms with Gasteiger partial charge in [0.15, 0.2) is 0 Å². The summed E-state index contributed by atoms with van der Waals surface area (Å²) in [5, 5.41) is 8.85. The zero-order valence-electron chi connectivity index (χ0n) is 11.3. The van der Waals surface area contributed by atoms with Crippen LogP contribution >= 0.6 is 0 Å². The van der Waals surface area contributed by atoms with Crippen molar-refractivity contribution in [2.45, 2.75) is 25.8 Å². The van der Waals surface area contributed by atoms with E-state index in [1.54, 1.807) is 0 Å². The summed E-state index contributed by atoms with van der Waals surface area (Å²) in [4.78, 5) is 4.91. The van der Waals surface area contributed by atoms with Crippen LogP contribution in [0.25, 0.3) is 0 Å². The molecule has 18 heavy (non-hydrogen) atoms. The van der Waals surface area contributed by atoms with Gasteiger partial charge >= 0.3 is 0 Å². The average molecular weight is 243 g/mol. The summed E-state index contributed by atoms with van der Waals surface area (Å²) in [7, 11) is 2.20. The molecule has 1 heterocycles. The van der Waals surface area contributed by atoms with Gasteiger partial charge in [0.1, 0.15) is 0 Å². The van der Waals surface area contributed by atoms with E-state index in [0.717, 1.165) is 25.1 Å². The Morgan fingerprint density at radius 2 is 2.00 bits per heavy atom. The first-order valence-corrected chi connectivity index (χ1v) is 6.70. The van der Waals surface area contributed by atoms with Crippen LogP contribution in [-0.2, 0) is 0 Å². The van der Waals surface area contributed by atoms with E-state index in [-0.39, 0.29) is 0 Å². The maximum Gasteiger partial charge on any atom is 0.0991 e. The Kier molecular flexibility index (Phi) is 4.22. The molecule has 0 aromatic heterocycles. The second-order valence-electron chi connectivity index (χ2n) is 5.03. The van der Waals surface area contributed by atoms with Gasteiger partial charge in [0.05, 0.1) is 11.6 Å². The summed E-state index contributed by atoms with van der Waals surface area (Å²) in [5.74, 6) is 0. The molecule has 1 aromatic rings. The highest BCUT2D eigenvalue weighted by molar-refractivity contribution is 5.50. The Balaban J connectivity index is 2.20. The van der Waals surface area contributed by atoms with E-state index in [9.17, 15) is 0 Å². The van der Waals surface area contributed by atoms with Crippen molar-refractivity contribution >= 4 is 5.69 Å². The number of nitrogens with zero attached hydrogens (tertiary/aromatic N) is 3. The van der Waals surface area contributed by atoms with Gasteiger partial charge in [-0.05, 0) is 50.7 Å². The summed E-state index contributed by atoms with van der Waals surface area (Å²) in [6.45, 7) is 5.65. The first-order chi connectivity index (χ1) is 8.74. The molecule has 1 aromatic carbocycles. The number of benzene rings is 1. The summed E-state index contributed by atoms with van der Waals surface area (Å²) in [6.07, 6.45) is 2.36. The summed E-state index contributed by atoms with van der Waals surface area (Å²) >= 11 is 0. The molecule has 1 aliphatic heterocycles. The van der Waals surface area contributed by atoms with Crippen molar-refractivity contribution in [1.82, 2.24) is 4.90 Å².